The van der Waals surface area contributed by atoms with Crippen LogP contribution in [0.5, 0.6) is 17.2 Å². The molecule has 168 valence electrons. The molecule has 3 aromatic rings. The fraction of sp³-hybridized carbons (Fsp3) is 0.250. The van der Waals surface area contributed by atoms with Gasteiger partial charge >= 0.3 is 0 Å². The van der Waals surface area contributed by atoms with Crippen molar-refractivity contribution in [2.45, 2.75) is 20.8 Å². The highest BCUT2D eigenvalue weighted by Gasteiger charge is 2.18. The third-order valence-electron chi connectivity index (χ3n) is 4.32. The molecule has 2 N–H and O–H groups in total. The number of anilines is 2. The summed E-state index contributed by atoms with van der Waals surface area (Å²) in [5.74, 6) is 0.899. The zero-order valence-electron chi connectivity index (χ0n) is 18.3. The van der Waals surface area contributed by atoms with Crippen LogP contribution >= 0.6 is 0 Å². The van der Waals surface area contributed by atoms with Crippen LogP contribution in [0.15, 0.2) is 59.2 Å². The monoisotopic (exact) mass is 438 g/mol. The SMILES string of the molecule is CCOc1cc(C(=O)Nc2ccc(NC(=O)c3ccco3)cc2)cc(OCC)c1OCC. The molecule has 0 atom stereocenters. The second-order valence-corrected chi connectivity index (χ2v) is 6.56. The van der Waals surface area contributed by atoms with E-state index in [1.54, 1.807) is 48.5 Å². The van der Waals surface area contributed by atoms with E-state index in [2.05, 4.69) is 10.6 Å². The third kappa shape index (κ3) is 5.60. The topological polar surface area (TPSA) is 99.0 Å². The number of amides is 2. The van der Waals surface area contributed by atoms with Crippen molar-refractivity contribution < 1.29 is 28.2 Å². The Morgan fingerprint density at radius 1 is 0.781 bits per heavy atom. The minimum absolute atomic E-state index is 0.216. The minimum Gasteiger partial charge on any atom is -0.490 e. The van der Waals surface area contributed by atoms with Crippen LogP contribution in [0.1, 0.15) is 41.7 Å². The van der Waals surface area contributed by atoms with Gasteiger partial charge in [0.15, 0.2) is 17.3 Å². The molecule has 2 aromatic carbocycles. The minimum atomic E-state index is -0.354. The van der Waals surface area contributed by atoms with Gasteiger partial charge in [0.2, 0.25) is 5.75 Å². The Bertz CT molecular complexity index is 1020. The number of benzene rings is 2. The first-order chi connectivity index (χ1) is 15.5. The molecule has 8 heteroatoms. The molecule has 1 heterocycles. The Morgan fingerprint density at radius 3 is 1.78 bits per heavy atom. The smallest absolute Gasteiger partial charge is 0.291 e. The maximum Gasteiger partial charge on any atom is 0.291 e. The van der Waals surface area contributed by atoms with Gasteiger partial charge in [-0.25, -0.2) is 0 Å². The predicted octanol–water partition coefficient (Wildman–Crippen LogP) is 4.98. The van der Waals surface area contributed by atoms with Crippen LogP contribution in [0.3, 0.4) is 0 Å². The summed E-state index contributed by atoms with van der Waals surface area (Å²) in [5, 5.41) is 5.56. The Hall–Kier alpha value is -3.94. The van der Waals surface area contributed by atoms with Crippen LogP contribution in [-0.2, 0) is 0 Å². The third-order valence-corrected chi connectivity index (χ3v) is 4.32. The van der Waals surface area contributed by atoms with E-state index < -0.39 is 0 Å². The Morgan fingerprint density at radius 2 is 1.31 bits per heavy atom. The normalized spacial score (nSPS) is 10.3. The fourth-order valence-corrected chi connectivity index (χ4v) is 2.96. The average Bonchev–Trinajstić information content (AvgIpc) is 3.32. The van der Waals surface area contributed by atoms with Crippen LogP contribution in [0.25, 0.3) is 0 Å². The highest BCUT2D eigenvalue weighted by molar-refractivity contribution is 6.05. The zero-order chi connectivity index (χ0) is 22.9. The molecule has 0 spiro atoms. The molecule has 1 aromatic heterocycles. The van der Waals surface area contributed by atoms with Gasteiger partial charge in [0.1, 0.15) is 0 Å². The van der Waals surface area contributed by atoms with E-state index >= 15 is 0 Å². The van der Waals surface area contributed by atoms with Crippen molar-refractivity contribution in [3.05, 3.63) is 66.1 Å². The number of ether oxygens (including phenoxy) is 3. The van der Waals surface area contributed by atoms with Gasteiger partial charge in [0.05, 0.1) is 26.1 Å². The van der Waals surface area contributed by atoms with E-state index in [4.69, 9.17) is 18.6 Å². The fourth-order valence-electron chi connectivity index (χ4n) is 2.96. The van der Waals surface area contributed by atoms with Crippen LogP contribution in [0, 0.1) is 0 Å². The van der Waals surface area contributed by atoms with Crippen molar-refractivity contribution in [1.29, 1.82) is 0 Å². The highest BCUT2D eigenvalue weighted by Crippen LogP contribution is 2.39. The summed E-state index contributed by atoms with van der Waals surface area (Å²) < 4.78 is 22.1. The van der Waals surface area contributed by atoms with Crippen LogP contribution in [-0.4, -0.2) is 31.6 Å². The van der Waals surface area contributed by atoms with Crippen LogP contribution in [0.4, 0.5) is 11.4 Å². The molecule has 8 nitrogen and oxygen atoms in total. The number of rotatable bonds is 10. The van der Waals surface area contributed by atoms with Crippen molar-refractivity contribution in [3.63, 3.8) is 0 Å². The molecule has 0 aliphatic rings. The summed E-state index contributed by atoms with van der Waals surface area (Å²) >= 11 is 0. The van der Waals surface area contributed by atoms with Gasteiger partial charge in [-0.05, 0) is 69.3 Å². The second-order valence-electron chi connectivity index (χ2n) is 6.56. The largest absolute Gasteiger partial charge is 0.490 e. The van der Waals surface area contributed by atoms with Gasteiger partial charge in [0.25, 0.3) is 11.8 Å². The van der Waals surface area contributed by atoms with Crippen LogP contribution in [0.2, 0.25) is 0 Å². The molecule has 2 amide bonds. The molecule has 0 aliphatic carbocycles. The second kappa shape index (κ2) is 10.9. The number of furan rings is 1. The molecule has 0 bridgehead atoms. The first kappa shape index (κ1) is 22.7. The van der Waals surface area contributed by atoms with E-state index in [-0.39, 0.29) is 17.6 Å². The summed E-state index contributed by atoms with van der Waals surface area (Å²) in [6.07, 6.45) is 1.43. The zero-order valence-corrected chi connectivity index (χ0v) is 18.3. The maximum atomic E-state index is 12.9. The Labute approximate surface area is 186 Å². The molecule has 32 heavy (non-hydrogen) atoms. The van der Waals surface area contributed by atoms with Gasteiger partial charge < -0.3 is 29.3 Å². The molecule has 0 fully saturated rings. The number of carbonyl (C=O) groups is 2. The summed E-state index contributed by atoms with van der Waals surface area (Å²) in [5.41, 5.74) is 1.51. The summed E-state index contributed by atoms with van der Waals surface area (Å²) in [4.78, 5) is 24.9. The lowest BCUT2D eigenvalue weighted by Crippen LogP contribution is -2.14. The molecule has 0 aliphatic heterocycles. The average molecular weight is 438 g/mol. The maximum absolute atomic E-state index is 12.9. The molecular weight excluding hydrogens is 412 g/mol. The molecule has 0 saturated carbocycles. The summed E-state index contributed by atoms with van der Waals surface area (Å²) in [7, 11) is 0. The van der Waals surface area contributed by atoms with Crippen molar-refractivity contribution >= 4 is 23.2 Å². The quantitative estimate of drug-likeness (QED) is 0.463. The Balaban J connectivity index is 1.75. The highest BCUT2D eigenvalue weighted by atomic mass is 16.5. The van der Waals surface area contributed by atoms with Crippen LogP contribution < -0.4 is 24.8 Å². The van der Waals surface area contributed by atoms with Gasteiger partial charge in [-0.3, -0.25) is 9.59 Å². The lowest BCUT2D eigenvalue weighted by molar-refractivity contribution is 0.0994. The summed E-state index contributed by atoms with van der Waals surface area (Å²) in [6.45, 7) is 6.86. The van der Waals surface area contributed by atoms with E-state index in [9.17, 15) is 9.59 Å². The summed E-state index contributed by atoms with van der Waals surface area (Å²) in [6, 6.07) is 13.2. The molecular formula is C24H26N2O6. The molecule has 0 unspecified atom stereocenters. The van der Waals surface area contributed by atoms with Gasteiger partial charge in [-0.2, -0.15) is 0 Å². The van der Waals surface area contributed by atoms with E-state index in [0.29, 0.717) is 54.0 Å². The number of carbonyl (C=O) groups excluding carboxylic acids is 2. The standard InChI is InChI=1S/C24H26N2O6/c1-4-29-20-14-16(15-21(30-5-2)22(20)31-6-3)23(27)25-17-9-11-18(12-10-17)26-24(28)19-8-7-13-32-19/h7-15H,4-6H2,1-3H3,(H,25,27)(H,26,28). The molecule has 0 radical (unpaired) electrons. The molecule has 0 saturated heterocycles. The van der Waals surface area contributed by atoms with E-state index in [1.807, 2.05) is 20.8 Å². The van der Waals surface area contributed by atoms with Crippen molar-refractivity contribution in [1.82, 2.24) is 0 Å². The number of hydrogen-bond donors (Lipinski definition) is 2. The van der Waals surface area contributed by atoms with E-state index in [1.165, 1.54) is 6.26 Å². The van der Waals surface area contributed by atoms with Crippen molar-refractivity contribution in [2.24, 2.45) is 0 Å². The van der Waals surface area contributed by atoms with Gasteiger partial charge in [-0.1, -0.05) is 0 Å². The first-order valence-corrected chi connectivity index (χ1v) is 10.4. The van der Waals surface area contributed by atoms with Crippen molar-refractivity contribution in [3.8, 4) is 17.2 Å². The number of hydrogen-bond acceptors (Lipinski definition) is 6. The van der Waals surface area contributed by atoms with E-state index in [0.717, 1.165) is 0 Å². The predicted molar refractivity (Wildman–Crippen MR) is 121 cm³/mol. The lowest BCUT2D eigenvalue weighted by Gasteiger charge is -2.17. The lowest BCUT2D eigenvalue weighted by atomic mass is 10.1. The van der Waals surface area contributed by atoms with Gasteiger partial charge in [0, 0.05) is 16.9 Å². The van der Waals surface area contributed by atoms with Crippen molar-refractivity contribution in [2.75, 3.05) is 30.5 Å². The molecule has 3 rings (SSSR count). The number of nitrogens with one attached hydrogen (secondary N) is 2. The Kier molecular flexibility index (Phi) is 7.75. The first-order valence-electron chi connectivity index (χ1n) is 10.4. The van der Waals surface area contributed by atoms with Gasteiger partial charge in [-0.15, -0.1) is 0 Å².